The Morgan fingerprint density at radius 2 is 2.13 bits per heavy atom. The molecule has 3 rings (SSSR count). The van der Waals surface area contributed by atoms with E-state index in [1.54, 1.807) is 35.3 Å². The number of thiophene rings is 1. The second kappa shape index (κ2) is 6.29. The van der Waals surface area contributed by atoms with Crippen molar-refractivity contribution in [3.05, 3.63) is 55.6 Å². The fourth-order valence-electron chi connectivity index (χ4n) is 3.10. The van der Waals surface area contributed by atoms with Crippen molar-refractivity contribution in [3.8, 4) is 0 Å². The average Bonchev–Trinajstić information content (AvgIpc) is 2.92. The predicted molar refractivity (Wildman–Crippen MR) is 90.1 cm³/mol. The summed E-state index contributed by atoms with van der Waals surface area (Å²) in [7, 11) is 0. The Kier molecular flexibility index (Phi) is 4.37. The Hall–Kier alpha value is -1.92. The van der Waals surface area contributed by atoms with E-state index in [0.29, 0.717) is 13.0 Å². The van der Waals surface area contributed by atoms with Gasteiger partial charge in [0.1, 0.15) is 5.56 Å². The number of hydrogen-bond donors (Lipinski definition) is 2. The highest BCUT2D eigenvalue weighted by atomic mass is 32.1. The van der Waals surface area contributed by atoms with Crippen LogP contribution >= 0.6 is 11.3 Å². The van der Waals surface area contributed by atoms with Gasteiger partial charge in [0.25, 0.3) is 11.5 Å². The number of aryl methyl sites for hydroxylation is 2. The first-order chi connectivity index (χ1) is 11.0. The number of H-pyrrole nitrogens is 1. The maximum absolute atomic E-state index is 12.5. The molecule has 2 N–H and O–H groups in total. The van der Waals surface area contributed by atoms with Crippen LogP contribution in [0.25, 0.3) is 0 Å². The van der Waals surface area contributed by atoms with E-state index in [1.165, 1.54) is 10.4 Å². The summed E-state index contributed by atoms with van der Waals surface area (Å²) in [5.41, 5.74) is 1.67. The molecule has 23 heavy (non-hydrogen) atoms. The second-order valence-corrected chi connectivity index (χ2v) is 7.01. The van der Waals surface area contributed by atoms with Gasteiger partial charge in [-0.05, 0) is 49.4 Å². The van der Waals surface area contributed by atoms with Crippen LogP contribution in [-0.4, -0.2) is 40.1 Å². The van der Waals surface area contributed by atoms with E-state index < -0.39 is 6.10 Å². The quantitative estimate of drug-likeness (QED) is 0.884. The zero-order valence-corrected chi connectivity index (χ0v) is 14.0. The molecule has 0 aromatic carbocycles. The zero-order chi connectivity index (χ0) is 16.6. The number of likely N-dealkylation sites (tertiary alicyclic amines) is 1. The molecule has 1 fully saturated rings. The molecule has 2 atom stereocenters. The lowest BCUT2D eigenvalue weighted by molar-refractivity contribution is 0.0385. The van der Waals surface area contributed by atoms with Gasteiger partial charge in [-0.25, -0.2) is 0 Å². The van der Waals surface area contributed by atoms with Gasteiger partial charge >= 0.3 is 0 Å². The second-order valence-electron chi connectivity index (χ2n) is 6.07. The summed E-state index contributed by atoms with van der Waals surface area (Å²) in [6.07, 6.45) is 0.104. The van der Waals surface area contributed by atoms with Gasteiger partial charge < -0.3 is 15.0 Å². The van der Waals surface area contributed by atoms with Crippen LogP contribution in [0.5, 0.6) is 0 Å². The standard InChI is InChI=1S/C17H20N2O3S/c1-10-6-8-23-15(10)12-5-7-19(9-14(12)20)17(22)13-4-3-11(2)18-16(13)21/h3-4,6,8,12,14,20H,5,7,9H2,1-2H3,(H,18,21)/t12-,14-/m1/s1. The smallest absolute Gasteiger partial charge is 0.260 e. The number of carbonyl (C=O) groups is 1. The van der Waals surface area contributed by atoms with Gasteiger partial charge in [0.2, 0.25) is 0 Å². The summed E-state index contributed by atoms with van der Waals surface area (Å²) in [5.74, 6) is -0.248. The first kappa shape index (κ1) is 16.0. The Bertz CT molecular complexity index is 780. The highest BCUT2D eigenvalue weighted by Crippen LogP contribution is 2.34. The van der Waals surface area contributed by atoms with Crippen molar-refractivity contribution in [1.29, 1.82) is 0 Å². The van der Waals surface area contributed by atoms with Gasteiger partial charge in [0.15, 0.2) is 0 Å². The molecule has 122 valence electrons. The van der Waals surface area contributed by atoms with Gasteiger partial charge in [-0.15, -0.1) is 11.3 Å². The SMILES string of the molecule is Cc1ccc(C(=O)N2CC[C@@H](c3sccc3C)[C@H](O)C2)c(=O)[nH]1. The fourth-order valence-corrected chi connectivity index (χ4v) is 4.22. The van der Waals surface area contributed by atoms with Crippen LogP contribution in [0.15, 0.2) is 28.4 Å². The van der Waals surface area contributed by atoms with Crippen molar-refractivity contribution >= 4 is 17.2 Å². The lowest BCUT2D eigenvalue weighted by Gasteiger charge is -2.35. The monoisotopic (exact) mass is 332 g/mol. The third kappa shape index (κ3) is 3.09. The van der Waals surface area contributed by atoms with E-state index >= 15 is 0 Å². The number of carbonyl (C=O) groups excluding carboxylic acids is 1. The molecule has 1 saturated heterocycles. The number of aliphatic hydroxyl groups excluding tert-OH is 1. The molecule has 0 radical (unpaired) electrons. The van der Waals surface area contributed by atoms with Crippen molar-refractivity contribution in [2.45, 2.75) is 32.3 Å². The van der Waals surface area contributed by atoms with Crippen molar-refractivity contribution < 1.29 is 9.90 Å². The number of nitrogens with zero attached hydrogens (tertiary/aromatic N) is 1. The van der Waals surface area contributed by atoms with E-state index in [0.717, 1.165) is 5.69 Å². The number of β-amino-alcohol motifs (C(OH)–C–C–N with tert-alkyl or cyclic N) is 1. The van der Waals surface area contributed by atoms with Crippen LogP contribution in [0, 0.1) is 13.8 Å². The van der Waals surface area contributed by atoms with Crippen molar-refractivity contribution in [3.63, 3.8) is 0 Å². The molecule has 0 aliphatic carbocycles. The van der Waals surface area contributed by atoms with E-state index in [2.05, 4.69) is 11.1 Å². The van der Waals surface area contributed by atoms with Crippen LogP contribution in [0.2, 0.25) is 0 Å². The molecule has 0 bridgehead atoms. The van der Waals surface area contributed by atoms with Crippen LogP contribution in [-0.2, 0) is 0 Å². The predicted octanol–water partition coefficient (Wildman–Crippen LogP) is 2.04. The summed E-state index contributed by atoms with van der Waals surface area (Å²) < 4.78 is 0. The average molecular weight is 332 g/mol. The molecule has 2 aromatic rings. The topological polar surface area (TPSA) is 73.4 Å². The molecule has 0 saturated carbocycles. The summed E-state index contributed by atoms with van der Waals surface area (Å²) in [4.78, 5) is 29.9. The Morgan fingerprint density at radius 1 is 1.35 bits per heavy atom. The summed E-state index contributed by atoms with van der Waals surface area (Å²) in [5, 5.41) is 12.5. The van der Waals surface area contributed by atoms with E-state index in [-0.39, 0.29) is 29.5 Å². The highest BCUT2D eigenvalue weighted by Gasteiger charge is 2.33. The number of pyridine rings is 1. The molecule has 2 aromatic heterocycles. The molecule has 1 amide bonds. The first-order valence-corrected chi connectivity index (χ1v) is 8.56. The molecule has 1 aliphatic heterocycles. The van der Waals surface area contributed by atoms with Crippen LogP contribution in [0.3, 0.4) is 0 Å². The van der Waals surface area contributed by atoms with Crippen LogP contribution < -0.4 is 5.56 Å². The Balaban J connectivity index is 1.76. The van der Waals surface area contributed by atoms with E-state index in [9.17, 15) is 14.7 Å². The zero-order valence-electron chi connectivity index (χ0n) is 13.2. The highest BCUT2D eigenvalue weighted by molar-refractivity contribution is 7.10. The minimum absolute atomic E-state index is 0.0651. The van der Waals surface area contributed by atoms with Gasteiger partial charge in [-0.3, -0.25) is 9.59 Å². The first-order valence-electron chi connectivity index (χ1n) is 7.68. The van der Waals surface area contributed by atoms with Crippen molar-refractivity contribution in [1.82, 2.24) is 9.88 Å². The molecule has 3 heterocycles. The normalized spacial score (nSPS) is 21.4. The Morgan fingerprint density at radius 3 is 2.74 bits per heavy atom. The van der Waals surface area contributed by atoms with Crippen molar-refractivity contribution in [2.75, 3.05) is 13.1 Å². The molecule has 0 spiro atoms. The van der Waals surface area contributed by atoms with Gasteiger partial charge in [-0.2, -0.15) is 0 Å². The number of piperidine rings is 1. The number of aliphatic hydroxyl groups is 1. The van der Waals surface area contributed by atoms with Crippen LogP contribution in [0.1, 0.15) is 38.8 Å². The fraction of sp³-hybridized carbons (Fsp3) is 0.412. The van der Waals surface area contributed by atoms with E-state index in [4.69, 9.17) is 0 Å². The number of aromatic nitrogens is 1. The number of rotatable bonds is 2. The molecule has 5 nitrogen and oxygen atoms in total. The maximum Gasteiger partial charge on any atom is 0.260 e. The maximum atomic E-state index is 12.5. The number of nitrogens with one attached hydrogen (secondary N) is 1. The van der Waals surface area contributed by atoms with Gasteiger partial charge in [0, 0.05) is 29.6 Å². The van der Waals surface area contributed by atoms with Gasteiger partial charge in [-0.1, -0.05) is 0 Å². The lowest BCUT2D eigenvalue weighted by Crippen LogP contribution is -2.46. The van der Waals surface area contributed by atoms with Gasteiger partial charge in [0.05, 0.1) is 6.10 Å². The number of hydrogen-bond acceptors (Lipinski definition) is 4. The minimum Gasteiger partial charge on any atom is -0.391 e. The number of amides is 1. The van der Waals surface area contributed by atoms with Crippen LogP contribution in [0.4, 0.5) is 0 Å². The van der Waals surface area contributed by atoms with Crippen molar-refractivity contribution in [2.24, 2.45) is 0 Å². The lowest BCUT2D eigenvalue weighted by atomic mass is 9.90. The summed E-state index contributed by atoms with van der Waals surface area (Å²) >= 11 is 1.65. The number of aromatic amines is 1. The largest absolute Gasteiger partial charge is 0.391 e. The molecule has 1 aliphatic rings. The molecular formula is C17H20N2O3S. The summed E-state index contributed by atoms with van der Waals surface area (Å²) in [6.45, 7) is 4.62. The third-order valence-electron chi connectivity index (χ3n) is 4.39. The summed E-state index contributed by atoms with van der Waals surface area (Å²) in [6, 6.07) is 5.32. The third-order valence-corrected chi connectivity index (χ3v) is 5.54. The molecule has 0 unspecified atom stereocenters. The molecule has 6 heteroatoms. The minimum atomic E-state index is -0.602. The van der Waals surface area contributed by atoms with E-state index in [1.807, 2.05) is 12.3 Å². The Labute approximate surface area is 138 Å². The molecular weight excluding hydrogens is 312 g/mol.